The van der Waals surface area contributed by atoms with E-state index in [4.69, 9.17) is 4.42 Å². The van der Waals surface area contributed by atoms with Gasteiger partial charge in [-0.2, -0.15) is 0 Å². The molecule has 1 aliphatic heterocycles. The first-order valence-electron chi connectivity index (χ1n) is 6.08. The Hall–Kier alpha value is -0.800. The molecule has 0 spiro atoms. The molecule has 0 aromatic carbocycles. The van der Waals surface area contributed by atoms with E-state index in [0.29, 0.717) is 5.41 Å². The number of nitrogens with one attached hydrogen (secondary N) is 1. The highest BCUT2D eigenvalue weighted by Crippen LogP contribution is 2.28. The lowest BCUT2D eigenvalue weighted by Crippen LogP contribution is -2.41. The van der Waals surface area contributed by atoms with E-state index < -0.39 is 0 Å². The lowest BCUT2D eigenvalue weighted by Gasteiger charge is -2.37. The van der Waals surface area contributed by atoms with Gasteiger partial charge in [-0.1, -0.05) is 6.92 Å². The van der Waals surface area contributed by atoms with Crippen LogP contribution in [-0.4, -0.2) is 31.6 Å². The zero-order valence-corrected chi connectivity index (χ0v) is 10.3. The van der Waals surface area contributed by atoms with Gasteiger partial charge in [-0.05, 0) is 44.5 Å². The van der Waals surface area contributed by atoms with Gasteiger partial charge in [0.2, 0.25) is 0 Å². The summed E-state index contributed by atoms with van der Waals surface area (Å²) in [6.07, 6.45) is 6.14. The number of nitrogens with zero attached hydrogens (tertiary/aromatic N) is 1. The van der Waals surface area contributed by atoms with Gasteiger partial charge >= 0.3 is 0 Å². The van der Waals surface area contributed by atoms with Gasteiger partial charge in [-0.15, -0.1) is 0 Å². The van der Waals surface area contributed by atoms with Gasteiger partial charge in [-0.25, -0.2) is 0 Å². The van der Waals surface area contributed by atoms with E-state index >= 15 is 0 Å². The Balaban J connectivity index is 1.84. The molecule has 1 aromatic heterocycles. The van der Waals surface area contributed by atoms with Gasteiger partial charge in [0.1, 0.15) is 0 Å². The molecule has 0 aliphatic carbocycles. The Morgan fingerprint density at radius 2 is 2.19 bits per heavy atom. The minimum atomic E-state index is 0.476. The molecule has 1 N–H and O–H groups in total. The summed E-state index contributed by atoms with van der Waals surface area (Å²) in [6.45, 7) is 6.88. The van der Waals surface area contributed by atoms with Crippen molar-refractivity contribution in [1.29, 1.82) is 0 Å². The Labute approximate surface area is 97.8 Å². The second-order valence-corrected chi connectivity index (χ2v) is 5.36. The van der Waals surface area contributed by atoms with Crippen molar-refractivity contribution in [3.05, 3.63) is 24.2 Å². The molecule has 1 fully saturated rings. The van der Waals surface area contributed by atoms with Crippen molar-refractivity contribution >= 4 is 0 Å². The average molecular weight is 222 g/mol. The van der Waals surface area contributed by atoms with Crippen LogP contribution in [0.15, 0.2) is 23.0 Å². The van der Waals surface area contributed by atoms with Crippen LogP contribution in [0.4, 0.5) is 0 Å². The van der Waals surface area contributed by atoms with Crippen molar-refractivity contribution in [3.8, 4) is 0 Å². The van der Waals surface area contributed by atoms with Crippen molar-refractivity contribution in [2.75, 3.05) is 26.7 Å². The number of furan rings is 1. The predicted molar refractivity (Wildman–Crippen MR) is 65.3 cm³/mol. The predicted octanol–water partition coefficient (Wildman–Crippen LogP) is 2.10. The van der Waals surface area contributed by atoms with Crippen LogP contribution in [-0.2, 0) is 6.54 Å². The third-order valence-corrected chi connectivity index (χ3v) is 3.49. The van der Waals surface area contributed by atoms with Crippen molar-refractivity contribution in [3.63, 3.8) is 0 Å². The van der Waals surface area contributed by atoms with Crippen LogP contribution in [0.1, 0.15) is 25.3 Å². The molecule has 2 rings (SSSR count). The topological polar surface area (TPSA) is 28.4 Å². The van der Waals surface area contributed by atoms with E-state index in [9.17, 15) is 0 Å². The first-order valence-corrected chi connectivity index (χ1v) is 6.08. The standard InChI is InChI=1S/C13H22N2O/c1-13(4-6-14-7-5-13)11-15(2)9-12-3-8-16-10-12/h3,8,10,14H,4-7,9,11H2,1-2H3. The molecule has 0 bridgehead atoms. The molecule has 90 valence electrons. The summed E-state index contributed by atoms with van der Waals surface area (Å²) in [5.41, 5.74) is 1.74. The van der Waals surface area contributed by atoms with Gasteiger partial charge in [0.05, 0.1) is 12.5 Å². The minimum Gasteiger partial charge on any atom is -0.472 e. The number of hydrogen-bond donors (Lipinski definition) is 1. The first kappa shape index (κ1) is 11.7. The zero-order chi connectivity index (χ0) is 11.4. The normalized spacial score (nSPS) is 20.2. The fourth-order valence-corrected chi connectivity index (χ4v) is 2.59. The van der Waals surface area contributed by atoms with Crippen molar-refractivity contribution < 1.29 is 4.42 Å². The Morgan fingerprint density at radius 3 is 2.81 bits per heavy atom. The van der Waals surface area contributed by atoms with Crippen molar-refractivity contribution in [2.45, 2.75) is 26.3 Å². The third kappa shape index (κ3) is 3.09. The zero-order valence-electron chi connectivity index (χ0n) is 10.3. The first-order chi connectivity index (χ1) is 7.68. The Bertz CT molecular complexity index is 302. The summed E-state index contributed by atoms with van der Waals surface area (Å²) in [4.78, 5) is 2.40. The molecular formula is C13H22N2O. The molecule has 0 unspecified atom stereocenters. The summed E-state index contributed by atoms with van der Waals surface area (Å²) in [5.74, 6) is 0. The van der Waals surface area contributed by atoms with Crippen LogP contribution in [0, 0.1) is 5.41 Å². The van der Waals surface area contributed by atoms with E-state index in [1.54, 1.807) is 6.26 Å². The van der Waals surface area contributed by atoms with Crippen molar-refractivity contribution in [1.82, 2.24) is 10.2 Å². The molecule has 0 atom stereocenters. The van der Waals surface area contributed by atoms with Gasteiger partial charge in [0.25, 0.3) is 0 Å². The molecule has 2 heterocycles. The molecule has 16 heavy (non-hydrogen) atoms. The highest BCUT2D eigenvalue weighted by Gasteiger charge is 2.27. The molecule has 3 heteroatoms. The fraction of sp³-hybridized carbons (Fsp3) is 0.692. The smallest absolute Gasteiger partial charge is 0.0947 e. The molecule has 1 saturated heterocycles. The summed E-state index contributed by atoms with van der Waals surface area (Å²) >= 11 is 0. The molecular weight excluding hydrogens is 200 g/mol. The number of hydrogen-bond acceptors (Lipinski definition) is 3. The molecule has 0 radical (unpaired) electrons. The SMILES string of the molecule is CN(Cc1ccoc1)CC1(C)CCNCC1. The lowest BCUT2D eigenvalue weighted by molar-refractivity contribution is 0.143. The van der Waals surface area contributed by atoms with Gasteiger partial charge in [0, 0.05) is 18.7 Å². The summed E-state index contributed by atoms with van der Waals surface area (Å²) in [7, 11) is 2.19. The monoisotopic (exact) mass is 222 g/mol. The van der Waals surface area contributed by atoms with E-state index in [1.165, 1.54) is 24.9 Å². The van der Waals surface area contributed by atoms with E-state index in [1.807, 2.05) is 12.3 Å². The van der Waals surface area contributed by atoms with Crippen LogP contribution >= 0.6 is 0 Å². The number of rotatable bonds is 4. The Morgan fingerprint density at radius 1 is 1.44 bits per heavy atom. The maximum absolute atomic E-state index is 5.09. The largest absolute Gasteiger partial charge is 0.472 e. The minimum absolute atomic E-state index is 0.476. The summed E-state index contributed by atoms with van der Waals surface area (Å²) in [5, 5.41) is 3.43. The summed E-state index contributed by atoms with van der Waals surface area (Å²) < 4.78 is 5.09. The van der Waals surface area contributed by atoms with Gasteiger partial charge in [-0.3, -0.25) is 0 Å². The van der Waals surface area contributed by atoms with Crippen LogP contribution < -0.4 is 5.32 Å². The Kier molecular flexibility index (Phi) is 3.66. The second-order valence-electron chi connectivity index (χ2n) is 5.36. The maximum Gasteiger partial charge on any atom is 0.0947 e. The summed E-state index contributed by atoms with van der Waals surface area (Å²) in [6, 6.07) is 2.04. The third-order valence-electron chi connectivity index (χ3n) is 3.49. The van der Waals surface area contributed by atoms with Crippen LogP contribution in [0.5, 0.6) is 0 Å². The fourth-order valence-electron chi connectivity index (χ4n) is 2.59. The molecule has 0 amide bonds. The van der Waals surface area contributed by atoms with Gasteiger partial charge in [0.15, 0.2) is 0 Å². The molecule has 1 aromatic rings. The highest BCUT2D eigenvalue weighted by molar-refractivity contribution is 5.04. The van der Waals surface area contributed by atoms with Gasteiger partial charge < -0.3 is 14.6 Å². The maximum atomic E-state index is 5.09. The number of piperidine rings is 1. The quantitative estimate of drug-likeness (QED) is 0.845. The average Bonchev–Trinajstić information content (AvgIpc) is 2.70. The molecule has 1 aliphatic rings. The lowest BCUT2D eigenvalue weighted by atomic mass is 9.80. The van der Waals surface area contributed by atoms with E-state index in [2.05, 4.69) is 24.2 Å². The second kappa shape index (κ2) is 5.02. The molecule has 0 saturated carbocycles. The van der Waals surface area contributed by atoms with Crippen LogP contribution in [0.3, 0.4) is 0 Å². The van der Waals surface area contributed by atoms with Crippen LogP contribution in [0.25, 0.3) is 0 Å². The van der Waals surface area contributed by atoms with Crippen LogP contribution in [0.2, 0.25) is 0 Å². The molecule has 3 nitrogen and oxygen atoms in total. The highest BCUT2D eigenvalue weighted by atomic mass is 16.3. The van der Waals surface area contributed by atoms with E-state index in [0.717, 1.165) is 19.6 Å². The van der Waals surface area contributed by atoms with E-state index in [-0.39, 0.29) is 0 Å². The van der Waals surface area contributed by atoms with Crippen molar-refractivity contribution in [2.24, 2.45) is 5.41 Å².